The van der Waals surface area contributed by atoms with Gasteiger partial charge < -0.3 is 10.1 Å². The average Bonchev–Trinajstić information content (AvgIpc) is 2.50. The molecule has 2 aromatic carbocycles. The number of nitrogens with one attached hydrogen (secondary N) is 1. The molecule has 0 unspecified atom stereocenters. The molecule has 0 spiro atoms. The summed E-state index contributed by atoms with van der Waals surface area (Å²) in [5.74, 6) is 0.166. The number of non-ortho nitro benzene ring substituents is 1. The first kappa shape index (κ1) is 15.8. The van der Waals surface area contributed by atoms with Crippen LogP contribution < -0.4 is 10.1 Å². The summed E-state index contributed by atoms with van der Waals surface area (Å²) in [6, 6.07) is 12.7. The first-order chi connectivity index (χ1) is 10.5. The SMILES string of the molecule is C[C@H](Oc1ccccc1)C(=O)Nc1ccc([N+](=O)[O-])cc1Cl. The van der Waals surface area contributed by atoms with Gasteiger partial charge in [-0.05, 0) is 25.1 Å². The van der Waals surface area contributed by atoms with Crippen molar-refractivity contribution in [3.63, 3.8) is 0 Å². The highest BCUT2D eigenvalue weighted by atomic mass is 35.5. The number of para-hydroxylation sites is 1. The van der Waals surface area contributed by atoms with Crippen LogP contribution in [0.2, 0.25) is 5.02 Å². The van der Waals surface area contributed by atoms with Crippen molar-refractivity contribution in [3.05, 3.63) is 63.7 Å². The number of nitro groups is 1. The summed E-state index contributed by atoms with van der Waals surface area (Å²) in [5, 5.41) is 13.3. The highest BCUT2D eigenvalue weighted by Crippen LogP contribution is 2.26. The van der Waals surface area contributed by atoms with Crippen LogP contribution in [0.1, 0.15) is 6.92 Å². The molecule has 0 heterocycles. The van der Waals surface area contributed by atoms with Gasteiger partial charge in [0.15, 0.2) is 6.10 Å². The van der Waals surface area contributed by atoms with Gasteiger partial charge in [0.2, 0.25) is 0 Å². The number of hydrogen-bond donors (Lipinski definition) is 1. The number of nitro benzene ring substituents is 1. The molecule has 0 aliphatic carbocycles. The third-order valence-corrected chi connectivity index (χ3v) is 3.16. The molecule has 0 aromatic heterocycles. The van der Waals surface area contributed by atoms with Gasteiger partial charge in [0, 0.05) is 12.1 Å². The molecule has 2 aromatic rings. The third kappa shape index (κ3) is 3.95. The number of carbonyl (C=O) groups is 1. The number of nitrogens with zero attached hydrogens (tertiary/aromatic N) is 1. The Labute approximate surface area is 131 Å². The summed E-state index contributed by atoms with van der Waals surface area (Å²) in [6.45, 7) is 1.60. The summed E-state index contributed by atoms with van der Waals surface area (Å²) in [5.41, 5.74) is 0.150. The maximum absolute atomic E-state index is 12.1. The van der Waals surface area contributed by atoms with Crippen LogP contribution in [-0.4, -0.2) is 16.9 Å². The number of carbonyl (C=O) groups excluding carboxylic acids is 1. The van der Waals surface area contributed by atoms with Gasteiger partial charge in [-0.15, -0.1) is 0 Å². The van der Waals surface area contributed by atoms with Crippen LogP contribution in [0.4, 0.5) is 11.4 Å². The van der Waals surface area contributed by atoms with Crippen molar-refractivity contribution in [2.24, 2.45) is 0 Å². The second-order valence-corrected chi connectivity index (χ2v) is 4.89. The molecule has 1 amide bonds. The van der Waals surface area contributed by atoms with Crippen molar-refractivity contribution >= 4 is 28.9 Å². The van der Waals surface area contributed by atoms with Crippen LogP contribution in [0.15, 0.2) is 48.5 Å². The molecule has 0 aliphatic heterocycles. The predicted octanol–water partition coefficient (Wildman–Crippen LogP) is 3.65. The average molecular weight is 321 g/mol. The molecule has 1 atom stereocenters. The minimum absolute atomic E-state index is 0.0921. The van der Waals surface area contributed by atoms with Gasteiger partial charge in [0.05, 0.1) is 15.6 Å². The molecule has 1 N–H and O–H groups in total. The lowest BCUT2D eigenvalue weighted by molar-refractivity contribution is -0.384. The van der Waals surface area contributed by atoms with Gasteiger partial charge in [-0.25, -0.2) is 0 Å². The summed E-state index contributed by atoms with van der Waals surface area (Å²) in [7, 11) is 0. The smallest absolute Gasteiger partial charge is 0.271 e. The summed E-state index contributed by atoms with van der Waals surface area (Å²) in [6.07, 6.45) is -0.742. The summed E-state index contributed by atoms with van der Waals surface area (Å²) < 4.78 is 5.49. The van der Waals surface area contributed by atoms with E-state index in [-0.39, 0.29) is 10.7 Å². The van der Waals surface area contributed by atoms with E-state index in [1.807, 2.05) is 6.07 Å². The van der Waals surface area contributed by atoms with Crippen molar-refractivity contribution in [2.75, 3.05) is 5.32 Å². The van der Waals surface area contributed by atoms with Gasteiger partial charge in [0.1, 0.15) is 5.75 Å². The Morgan fingerprint density at radius 3 is 2.55 bits per heavy atom. The topological polar surface area (TPSA) is 81.5 Å². The molecule has 0 radical (unpaired) electrons. The normalized spacial score (nSPS) is 11.5. The van der Waals surface area contributed by atoms with Gasteiger partial charge in [-0.2, -0.15) is 0 Å². The molecule has 6 nitrogen and oxygen atoms in total. The van der Waals surface area contributed by atoms with E-state index >= 15 is 0 Å². The zero-order valence-electron chi connectivity index (χ0n) is 11.7. The zero-order chi connectivity index (χ0) is 16.1. The Balaban J connectivity index is 2.04. The first-order valence-corrected chi connectivity index (χ1v) is 6.81. The Kier molecular flexibility index (Phi) is 4.95. The van der Waals surface area contributed by atoms with E-state index < -0.39 is 16.9 Å². The van der Waals surface area contributed by atoms with Crippen LogP contribution in [-0.2, 0) is 4.79 Å². The standard InChI is InChI=1S/C15H13ClN2O4/c1-10(22-12-5-3-2-4-6-12)15(19)17-14-8-7-11(18(20)21)9-13(14)16/h2-10H,1H3,(H,17,19)/t10-/m0/s1. The van der Waals surface area contributed by atoms with E-state index in [1.165, 1.54) is 18.2 Å². The maximum atomic E-state index is 12.1. The molecule has 22 heavy (non-hydrogen) atoms. The number of anilines is 1. The van der Waals surface area contributed by atoms with Crippen LogP contribution in [0.25, 0.3) is 0 Å². The molecule has 7 heteroatoms. The lowest BCUT2D eigenvalue weighted by Crippen LogP contribution is -2.30. The molecule has 2 rings (SSSR count). The van der Waals surface area contributed by atoms with E-state index in [1.54, 1.807) is 31.2 Å². The number of rotatable bonds is 5. The molecule has 0 saturated heterocycles. The van der Waals surface area contributed by atoms with Crippen molar-refractivity contribution in [1.29, 1.82) is 0 Å². The van der Waals surface area contributed by atoms with Crippen molar-refractivity contribution < 1.29 is 14.5 Å². The van der Waals surface area contributed by atoms with E-state index in [0.29, 0.717) is 11.4 Å². The molecule has 0 aliphatic rings. The number of ether oxygens (including phenoxy) is 1. The number of benzene rings is 2. The Morgan fingerprint density at radius 1 is 1.27 bits per heavy atom. The second kappa shape index (κ2) is 6.91. The fraction of sp³-hybridized carbons (Fsp3) is 0.133. The monoisotopic (exact) mass is 320 g/mol. The maximum Gasteiger partial charge on any atom is 0.271 e. The van der Waals surface area contributed by atoms with E-state index in [4.69, 9.17) is 16.3 Å². The van der Waals surface area contributed by atoms with Crippen LogP contribution in [0, 0.1) is 10.1 Å². The first-order valence-electron chi connectivity index (χ1n) is 6.44. The minimum Gasteiger partial charge on any atom is -0.481 e. The molecule has 114 valence electrons. The van der Waals surface area contributed by atoms with Gasteiger partial charge in [0.25, 0.3) is 11.6 Å². The molecule has 0 bridgehead atoms. The molecular formula is C15H13ClN2O4. The van der Waals surface area contributed by atoms with Gasteiger partial charge in [-0.1, -0.05) is 29.8 Å². The lowest BCUT2D eigenvalue weighted by Gasteiger charge is -2.15. The second-order valence-electron chi connectivity index (χ2n) is 4.48. The minimum atomic E-state index is -0.742. The quantitative estimate of drug-likeness (QED) is 0.673. The highest BCUT2D eigenvalue weighted by Gasteiger charge is 2.17. The fourth-order valence-corrected chi connectivity index (χ4v) is 1.93. The molecular weight excluding hydrogens is 308 g/mol. The Morgan fingerprint density at radius 2 is 1.95 bits per heavy atom. The summed E-state index contributed by atoms with van der Waals surface area (Å²) >= 11 is 5.92. The van der Waals surface area contributed by atoms with Gasteiger partial charge in [-0.3, -0.25) is 14.9 Å². The van der Waals surface area contributed by atoms with Crippen molar-refractivity contribution in [3.8, 4) is 5.75 Å². The lowest BCUT2D eigenvalue weighted by atomic mass is 10.2. The van der Waals surface area contributed by atoms with Crippen molar-refractivity contribution in [2.45, 2.75) is 13.0 Å². The third-order valence-electron chi connectivity index (χ3n) is 2.85. The molecule has 0 saturated carbocycles. The number of amides is 1. The highest BCUT2D eigenvalue weighted by molar-refractivity contribution is 6.34. The van der Waals surface area contributed by atoms with E-state index in [2.05, 4.69) is 5.32 Å². The van der Waals surface area contributed by atoms with E-state index in [0.717, 1.165) is 0 Å². The van der Waals surface area contributed by atoms with Crippen molar-refractivity contribution in [1.82, 2.24) is 0 Å². The van der Waals surface area contributed by atoms with Crippen LogP contribution >= 0.6 is 11.6 Å². The zero-order valence-corrected chi connectivity index (χ0v) is 12.4. The number of halogens is 1. The molecule has 0 fully saturated rings. The summed E-state index contributed by atoms with van der Waals surface area (Å²) in [4.78, 5) is 22.1. The largest absolute Gasteiger partial charge is 0.481 e. The van der Waals surface area contributed by atoms with E-state index in [9.17, 15) is 14.9 Å². The van der Waals surface area contributed by atoms with Gasteiger partial charge >= 0.3 is 0 Å². The fourth-order valence-electron chi connectivity index (χ4n) is 1.71. The number of hydrogen-bond acceptors (Lipinski definition) is 4. The Bertz CT molecular complexity index is 691. The predicted molar refractivity (Wildman–Crippen MR) is 83.3 cm³/mol. The van der Waals surface area contributed by atoms with Crippen LogP contribution in [0.3, 0.4) is 0 Å². The van der Waals surface area contributed by atoms with Crippen LogP contribution in [0.5, 0.6) is 5.75 Å². The Hall–Kier alpha value is -2.60.